The van der Waals surface area contributed by atoms with E-state index in [4.69, 9.17) is 0 Å². The maximum Gasteiger partial charge on any atom is 0.416 e. The molecule has 1 atom stereocenters. The Morgan fingerprint density at radius 2 is 1.65 bits per heavy atom. The third kappa shape index (κ3) is 3.49. The van der Waals surface area contributed by atoms with Gasteiger partial charge in [-0.05, 0) is 29.3 Å². The molecule has 140 valence electrons. The van der Waals surface area contributed by atoms with Crippen LogP contribution in [0.2, 0.25) is 0 Å². The maximum atomic E-state index is 13.3. The average molecular weight is 376 g/mol. The lowest BCUT2D eigenvalue weighted by Crippen LogP contribution is -2.35. The molecule has 0 saturated carbocycles. The van der Waals surface area contributed by atoms with Gasteiger partial charge in [0.25, 0.3) is 0 Å². The minimum Gasteiger partial charge on any atom is -0.394 e. The summed E-state index contributed by atoms with van der Waals surface area (Å²) in [6.07, 6.45) is -9.79. The number of benzene rings is 2. The Bertz CT molecular complexity index is 803. The van der Waals surface area contributed by atoms with Crippen molar-refractivity contribution in [1.82, 2.24) is 5.43 Å². The SMILES string of the molecule is OCC1NN(Cc2ccc(C(F)(F)F)cc2C(F)(F)F)c2ccccc21. The first kappa shape index (κ1) is 18.5. The highest BCUT2D eigenvalue weighted by Gasteiger charge is 2.39. The number of anilines is 1. The van der Waals surface area contributed by atoms with E-state index in [1.807, 2.05) is 0 Å². The summed E-state index contributed by atoms with van der Waals surface area (Å²) in [6.45, 7) is -0.576. The van der Waals surface area contributed by atoms with E-state index >= 15 is 0 Å². The number of alkyl halides is 6. The van der Waals surface area contributed by atoms with Gasteiger partial charge in [0.05, 0.1) is 36.0 Å². The molecule has 0 aliphatic carbocycles. The molecule has 3 nitrogen and oxygen atoms in total. The first-order valence-corrected chi connectivity index (χ1v) is 7.62. The molecule has 3 rings (SSSR count). The van der Waals surface area contributed by atoms with E-state index in [-0.39, 0.29) is 24.8 Å². The predicted octanol–water partition coefficient (Wildman–Crippen LogP) is 4.28. The molecular weight excluding hydrogens is 362 g/mol. The fourth-order valence-corrected chi connectivity index (χ4v) is 2.95. The number of nitrogens with zero attached hydrogens (tertiary/aromatic N) is 1. The molecule has 0 amide bonds. The third-order valence-corrected chi connectivity index (χ3v) is 4.17. The van der Waals surface area contributed by atoms with Crippen molar-refractivity contribution in [2.45, 2.75) is 24.9 Å². The quantitative estimate of drug-likeness (QED) is 0.785. The zero-order chi connectivity index (χ0) is 19.1. The summed E-state index contributed by atoms with van der Waals surface area (Å²) in [4.78, 5) is 0. The number of halogens is 6. The molecule has 0 aromatic heterocycles. The Kier molecular flexibility index (Phi) is 4.61. The van der Waals surface area contributed by atoms with Crippen LogP contribution in [0, 0.1) is 0 Å². The molecule has 0 bridgehead atoms. The van der Waals surface area contributed by atoms with Crippen LogP contribution in [0.5, 0.6) is 0 Å². The summed E-state index contributed by atoms with van der Waals surface area (Å²) >= 11 is 0. The molecule has 2 aromatic carbocycles. The predicted molar refractivity (Wildman–Crippen MR) is 82.0 cm³/mol. The van der Waals surface area contributed by atoms with E-state index in [9.17, 15) is 31.4 Å². The summed E-state index contributed by atoms with van der Waals surface area (Å²) in [5.41, 5.74) is 1.16. The highest BCUT2D eigenvalue weighted by Crippen LogP contribution is 2.39. The van der Waals surface area contributed by atoms with Crippen molar-refractivity contribution in [3.63, 3.8) is 0 Å². The number of aliphatic hydroxyl groups is 1. The molecule has 2 aromatic rings. The van der Waals surface area contributed by atoms with Crippen LogP contribution in [0.15, 0.2) is 42.5 Å². The minimum atomic E-state index is -4.92. The number of nitrogens with one attached hydrogen (secondary N) is 1. The first-order chi connectivity index (χ1) is 12.1. The Hall–Kier alpha value is -2.26. The van der Waals surface area contributed by atoms with E-state index in [0.717, 1.165) is 6.07 Å². The Balaban J connectivity index is 1.98. The number of aliphatic hydroxyl groups excluding tert-OH is 1. The molecule has 1 heterocycles. The van der Waals surface area contributed by atoms with Gasteiger partial charge in [0.2, 0.25) is 0 Å². The standard InChI is InChI=1S/C17H14F6N2O/c18-16(19,20)11-6-5-10(13(7-11)17(21,22)23)8-25-15-4-2-1-3-12(15)14(9-26)24-25/h1-7,14,24,26H,8-9H2. The van der Waals surface area contributed by atoms with Gasteiger partial charge in [-0.25, -0.2) is 5.43 Å². The normalized spacial score (nSPS) is 17.5. The lowest BCUT2D eigenvalue weighted by Gasteiger charge is -2.23. The minimum absolute atomic E-state index is 0.126. The van der Waals surface area contributed by atoms with Gasteiger partial charge < -0.3 is 10.1 Å². The average Bonchev–Trinajstić information content (AvgIpc) is 2.91. The smallest absolute Gasteiger partial charge is 0.394 e. The van der Waals surface area contributed by atoms with E-state index < -0.39 is 29.5 Å². The largest absolute Gasteiger partial charge is 0.416 e. The highest BCUT2D eigenvalue weighted by atomic mass is 19.4. The van der Waals surface area contributed by atoms with Crippen LogP contribution in [-0.4, -0.2) is 11.7 Å². The summed E-state index contributed by atoms with van der Waals surface area (Å²) < 4.78 is 78.2. The van der Waals surface area contributed by atoms with E-state index in [0.29, 0.717) is 17.3 Å². The second kappa shape index (κ2) is 6.48. The molecule has 26 heavy (non-hydrogen) atoms. The fourth-order valence-electron chi connectivity index (χ4n) is 2.95. The summed E-state index contributed by atoms with van der Waals surface area (Å²) in [7, 11) is 0. The van der Waals surface area contributed by atoms with Gasteiger partial charge in [0, 0.05) is 0 Å². The van der Waals surface area contributed by atoms with Crippen molar-refractivity contribution in [2.24, 2.45) is 0 Å². The third-order valence-electron chi connectivity index (χ3n) is 4.17. The number of rotatable bonds is 3. The van der Waals surface area contributed by atoms with Crippen LogP contribution < -0.4 is 10.4 Å². The van der Waals surface area contributed by atoms with Crippen molar-refractivity contribution in [1.29, 1.82) is 0 Å². The van der Waals surface area contributed by atoms with Crippen molar-refractivity contribution < 1.29 is 31.4 Å². The van der Waals surface area contributed by atoms with Gasteiger partial charge in [-0.15, -0.1) is 0 Å². The number of fused-ring (bicyclic) bond motifs is 1. The van der Waals surface area contributed by atoms with Crippen LogP contribution in [0.1, 0.15) is 28.3 Å². The van der Waals surface area contributed by atoms with Crippen molar-refractivity contribution in [3.8, 4) is 0 Å². The monoisotopic (exact) mass is 376 g/mol. The van der Waals surface area contributed by atoms with E-state index in [2.05, 4.69) is 5.43 Å². The molecule has 0 radical (unpaired) electrons. The van der Waals surface area contributed by atoms with Crippen molar-refractivity contribution in [3.05, 3.63) is 64.7 Å². The topological polar surface area (TPSA) is 35.5 Å². The van der Waals surface area contributed by atoms with Crippen LogP contribution in [0.25, 0.3) is 0 Å². The summed E-state index contributed by atoms with van der Waals surface area (Å²) in [6, 6.07) is 7.90. The lowest BCUT2D eigenvalue weighted by molar-refractivity contribution is -0.143. The van der Waals surface area contributed by atoms with Crippen LogP contribution in [0.4, 0.5) is 32.0 Å². The van der Waals surface area contributed by atoms with Gasteiger partial charge in [0.15, 0.2) is 0 Å². The molecule has 9 heteroatoms. The van der Waals surface area contributed by atoms with Crippen LogP contribution in [-0.2, 0) is 18.9 Å². The number of hydrogen-bond donors (Lipinski definition) is 2. The molecule has 0 fully saturated rings. The molecular formula is C17H14F6N2O. The van der Waals surface area contributed by atoms with Gasteiger partial charge in [-0.1, -0.05) is 24.3 Å². The van der Waals surface area contributed by atoms with Crippen LogP contribution in [0.3, 0.4) is 0 Å². The molecule has 1 unspecified atom stereocenters. The summed E-state index contributed by atoms with van der Waals surface area (Å²) in [5, 5.41) is 10.8. The number of hydrazine groups is 1. The fraction of sp³-hybridized carbons (Fsp3) is 0.294. The highest BCUT2D eigenvalue weighted by molar-refractivity contribution is 5.58. The molecule has 0 saturated heterocycles. The van der Waals surface area contributed by atoms with E-state index in [1.165, 1.54) is 5.01 Å². The lowest BCUT2D eigenvalue weighted by atomic mass is 10.0. The van der Waals surface area contributed by atoms with E-state index in [1.54, 1.807) is 24.3 Å². The second-order valence-corrected chi connectivity index (χ2v) is 5.88. The maximum absolute atomic E-state index is 13.3. The number of para-hydroxylation sites is 1. The Labute approximate surface area is 144 Å². The van der Waals surface area contributed by atoms with Gasteiger partial charge in [-0.2, -0.15) is 26.3 Å². The zero-order valence-electron chi connectivity index (χ0n) is 13.2. The zero-order valence-corrected chi connectivity index (χ0v) is 13.2. The van der Waals surface area contributed by atoms with Gasteiger partial charge in [0.1, 0.15) is 0 Å². The van der Waals surface area contributed by atoms with Crippen molar-refractivity contribution >= 4 is 5.69 Å². The Morgan fingerprint density at radius 3 is 2.27 bits per heavy atom. The summed E-state index contributed by atoms with van der Waals surface area (Å²) in [5.74, 6) is 0. The van der Waals surface area contributed by atoms with Gasteiger partial charge in [-0.3, -0.25) is 0 Å². The molecule has 2 N–H and O–H groups in total. The molecule has 0 spiro atoms. The molecule has 1 aliphatic heterocycles. The Morgan fingerprint density at radius 1 is 0.962 bits per heavy atom. The van der Waals surface area contributed by atoms with Crippen LogP contribution >= 0.6 is 0 Å². The number of hydrogen-bond acceptors (Lipinski definition) is 3. The first-order valence-electron chi connectivity index (χ1n) is 7.62. The molecule has 1 aliphatic rings. The van der Waals surface area contributed by atoms with Crippen molar-refractivity contribution in [2.75, 3.05) is 11.6 Å². The van der Waals surface area contributed by atoms with Gasteiger partial charge >= 0.3 is 12.4 Å². The second-order valence-electron chi connectivity index (χ2n) is 5.88.